The lowest BCUT2D eigenvalue weighted by Crippen LogP contribution is -2.33. The van der Waals surface area contributed by atoms with E-state index in [-0.39, 0.29) is 29.9 Å². The Morgan fingerprint density at radius 3 is 2.83 bits per heavy atom. The third kappa shape index (κ3) is 5.99. The molecule has 2 saturated heterocycles. The molecule has 2 aliphatic rings. The van der Waals surface area contributed by atoms with Crippen LogP contribution in [0.15, 0.2) is 54.6 Å². The summed E-state index contributed by atoms with van der Waals surface area (Å²) in [4.78, 5) is 23.3. The Bertz CT molecular complexity index is 1630. The second-order valence-corrected chi connectivity index (χ2v) is 10.4. The fraction of sp³-hybridized carbons (Fsp3) is 0.333. The second kappa shape index (κ2) is 11.5. The number of nitrogens with one attached hydrogen (secondary N) is 1. The van der Waals surface area contributed by atoms with Gasteiger partial charge in [0, 0.05) is 37.4 Å². The molecule has 2 aromatic heterocycles. The highest BCUT2D eigenvalue weighted by Gasteiger charge is 2.27. The number of imidazole rings is 1. The van der Waals surface area contributed by atoms with Crippen LogP contribution in [0.3, 0.4) is 0 Å². The Kier molecular flexibility index (Phi) is 7.50. The Morgan fingerprint density at radius 2 is 2.07 bits per heavy atom. The van der Waals surface area contributed by atoms with Crippen molar-refractivity contribution in [3.05, 3.63) is 82.9 Å². The summed E-state index contributed by atoms with van der Waals surface area (Å²) in [6.07, 6.45) is 2.01. The zero-order valence-corrected chi connectivity index (χ0v) is 22.3. The first-order valence-electron chi connectivity index (χ1n) is 13.6. The van der Waals surface area contributed by atoms with Gasteiger partial charge in [-0.05, 0) is 49.2 Å². The van der Waals surface area contributed by atoms with E-state index in [2.05, 4.69) is 19.8 Å². The molecule has 0 aliphatic carbocycles. The number of hydrogen-bond donors (Lipinski definition) is 2. The minimum absolute atomic E-state index is 0.00601. The van der Waals surface area contributed by atoms with Crippen LogP contribution in [0, 0.1) is 17.1 Å². The van der Waals surface area contributed by atoms with Gasteiger partial charge in [0.25, 0.3) is 0 Å². The topological polar surface area (TPSA) is 126 Å². The van der Waals surface area contributed by atoms with Crippen LogP contribution in [0.1, 0.15) is 40.2 Å². The highest BCUT2D eigenvalue weighted by Crippen LogP contribution is 2.25. The predicted molar refractivity (Wildman–Crippen MR) is 148 cm³/mol. The molecule has 0 spiro atoms. The maximum atomic E-state index is 14.2. The summed E-state index contributed by atoms with van der Waals surface area (Å²) in [5.74, 6) is 0.494. The van der Waals surface area contributed by atoms with Crippen molar-refractivity contribution in [2.75, 3.05) is 25.0 Å². The molecule has 4 heterocycles. The Labute approximate surface area is 236 Å². The number of aromatic nitrogens is 3. The monoisotopic (exact) mass is 556 g/mol. The number of carboxylic acids is 1. The van der Waals surface area contributed by atoms with E-state index < -0.39 is 11.8 Å². The summed E-state index contributed by atoms with van der Waals surface area (Å²) in [6.45, 7) is 3.69. The van der Waals surface area contributed by atoms with Gasteiger partial charge in [-0.3, -0.25) is 4.90 Å². The third-order valence-corrected chi connectivity index (χ3v) is 7.52. The van der Waals surface area contributed by atoms with Gasteiger partial charge in [0.05, 0.1) is 47.4 Å². The summed E-state index contributed by atoms with van der Waals surface area (Å²) in [5, 5.41) is 21.9. The lowest BCUT2D eigenvalue weighted by atomic mass is 10.1. The normalized spacial score (nSPS) is 18.6. The molecule has 210 valence electrons. The number of hydrogen-bond acceptors (Lipinski definition) is 8. The summed E-state index contributed by atoms with van der Waals surface area (Å²) in [7, 11) is 0. The summed E-state index contributed by atoms with van der Waals surface area (Å²) < 4.78 is 27.7. The number of ether oxygens (including phenoxy) is 2. The standard InChI is InChI=1S/C30H29FN6O4/c31-24-12-19(14-32)4-5-21(24)18-41-29-3-1-2-27(35-29)33-22-8-10-36(15-22)17-28-34-25-7-6-20(30(38)39)13-26(25)37(28)16-23-9-11-40-23/h1-7,12-13,22-23H,8-11,15-18H2,(H,33,35)(H,38,39)/t22?,23-/m0/s1. The van der Waals surface area contributed by atoms with Crippen molar-refractivity contribution in [3.8, 4) is 11.9 Å². The average Bonchev–Trinajstić information content (AvgIpc) is 3.53. The molecule has 2 aromatic carbocycles. The molecule has 2 atom stereocenters. The van der Waals surface area contributed by atoms with Crippen LogP contribution in [0.5, 0.6) is 5.88 Å². The molecule has 0 bridgehead atoms. The lowest BCUT2D eigenvalue weighted by molar-refractivity contribution is -0.0591. The number of rotatable bonds is 10. The molecule has 0 radical (unpaired) electrons. The molecular weight excluding hydrogens is 527 g/mol. The summed E-state index contributed by atoms with van der Waals surface area (Å²) >= 11 is 0. The molecule has 11 heteroatoms. The summed E-state index contributed by atoms with van der Waals surface area (Å²) in [6, 6.07) is 16.9. The molecule has 4 aromatic rings. The number of halogens is 1. The van der Waals surface area contributed by atoms with Gasteiger partial charge in [0.1, 0.15) is 24.1 Å². The van der Waals surface area contributed by atoms with E-state index in [0.29, 0.717) is 30.4 Å². The van der Waals surface area contributed by atoms with Crippen molar-refractivity contribution in [2.24, 2.45) is 0 Å². The van der Waals surface area contributed by atoms with E-state index in [4.69, 9.17) is 19.7 Å². The van der Waals surface area contributed by atoms with E-state index in [1.165, 1.54) is 6.07 Å². The van der Waals surface area contributed by atoms with Crippen LogP contribution >= 0.6 is 0 Å². The molecule has 6 rings (SSSR count). The molecule has 41 heavy (non-hydrogen) atoms. The largest absolute Gasteiger partial charge is 0.478 e. The van der Waals surface area contributed by atoms with Crippen molar-refractivity contribution < 1.29 is 23.8 Å². The first kappa shape index (κ1) is 26.7. The van der Waals surface area contributed by atoms with Gasteiger partial charge in [-0.2, -0.15) is 10.2 Å². The maximum absolute atomic E-state index is 14.2. The predicted octanol–water partition coefficient (Wildman–Crippen LogP) is 4.19. The minimum Gasteiger partial charge on any atom is -0.478 e. The Hall–Kier alpha value is -4.53. The maximum Gasteiger partial charge on any atom is 0.335 e. The minimum atomic E-state index is -0.959. The molecule has 2 aliphatic heterocycles. The van der Waals surface area contributed by atoms with Crippen LogP contribution in [-0.4, -0.2) is 62.4 Å². The quantitative estimate of drug-likeness (QED) is 0.296. The number of aromatic carboxylic acids is 1. The molecule has 0 amide bonds. The van der Waals surface area contributed by atoms with E-state index in [9.17, 15) is 14.3 Å². The average molecular weight is 557 g/mol. The van der Waals surface area contributed by atoms with Crippen LogP contribution in [0.25, 0.3) is 11.0 Å². The van der Waals surface area contributed by atoms with Gasteiger partial charge in [0.15, 0.2) is 0 Å². The van der Waals surface area contributed by atoms with Crippen LogP contribution < -0.4 is 10.1 Å². The third-order valence-electron chi connectivity index (χ3n) is 7.52. The highest BCUT2D eigenvalue weighted by atomic mass is 19.1. The number of nitrogens with zero attached hydrogens (tertiary/aromatic N) is 5. The van der Waals surface area contributed by atoms with Crippen LogP contribution in [0.4, 0.5) is 10.2 Å². The molecule has 0 saturated carbocycles. The van der Waals surface area contributed by atoms with Crippen molar-refractivity contribution in [1.82, 2.24) is 19.4 Å². The number of carbonyl (C=O) groups is 1. The number of nitriles is 1. The molecule has 2 N–H and O–H groups in total. The van der Waals surface area contributed by atoms with Crippen molar-refractivity contribution in [2.45, 2.75) is 44.7 Å². The molecule has 2 fully saturated rings. The Morgan fingerprint density at radius 1 is 1.20 bits per heavy atom. The van der Waals surface area contributed by atoms with Crippen LogP contribution in [-0.2, 0) is 24.4 Å². The van der Waals surface area contributed by atoms with Gasteiger partial charge >= 0.3 is 5.97 Å². The molecule has 10 nitrogen and oxygen atoms in total. The number of pyridine rings is 1. The van der Waals surface area contributed by atoms with Gasteiger partial charge in [-0.1, -0.05) is 12.1 Å². The van der Waals surface area contributed by atoms with Crippen molar-refractivity contribution in [1.29, 1.82) is 5.26 Å². The van der Waals surface area contributed by atoms with Gasteiger partial charge in [0.2, 0.25) is 5.88 Å². The van der Waals surface area contributed by atoms with Crippen molar-refractivity contribution in [3.63, 3.8) is 0 Å². The van der Waals surface area contributed by atoms with Crippen LogP contribution in [0.2, 0.25) is 0 Å². The van der Waals surface area contributed by atoms with Gasteiger partial charge in [-0.15, -0.1) is 0 Å². The number of likely N-dealkylation sites (tertiary alicyclic amines) is 1. The summed E-state index contributed by atoms with van der Waals surface area (Å²) in [5.41, 5.74) is 2.44. The van der Waals surface area contributed by atoms with Crippen molar-refractivity contribution >= 4 is 22.8 Å². The number of anilines is 1. The highest BCUT2D eigenvalue weighted by molar-refractivity contribution is 5.92. The van der Waals surface area contributed by atoms with E-state index >= 15 is 0 Å². The first-order valence-corrected chi connectivity index (χ1v) is 13.6. The SMILES string of the molecule is N#Cc1ccc(COc2cccc(NC3CCN(Cc4nc5ccc(C(=O)O)cc5n4C[C@@H]4CCO4)C3)n2)c(F)c1. The fourth-order valence-electron chi connectivity index (χ4n) is 5.23. The number of fused-ring (bicyclic) bond motifs is 1. The van der Waals surface area contributed by atoms with E-state index in [0.717, 1.165) is 49.4 Å². The second-order valence-electron chi connectivity index (χ2n) is 10.4. The molecular formula is C30H29FN6O4. The van der Waals surface area contributed by atoms with E-state index in [1.807, 2.05) is 18.2 Å². The van der Waals surface area contributed by atoms with Gasteiger partial charge < -0.3 is 24.5 Å². The van der Waals surface area contributed by atoms with E-state index in [1.54, 1.807) is 36.4 Å². The first-order chi connectivity index (χ1) is 19.9. The number of benzene rings is 2. The smallest absolute Gasteiger partial charge is 0.335 e. The number of carboxylic acid groups (broad SMARTS) is 1. The Balaban J connectivity index is 1.09. The lowest BCUT2D eigenvalue weighted by Gasteiger charge is -2.28. The zero-order valence-electron chi connectivity index (χ0n) is 22.3. The fourth-order valence-corrected chi connectivity index (χ4v) is 5.23. The van der Waals surface area contributed by atoms with Gasteiger partial charge in [-0.25, -0.2) is 14.2 Å². The zero-order chi connectivity index (χ0) is 28.3. The molecule has 1 unspecified atom stereocenters.